The van der Waals surface area contributed by atoms with Gasteiger partial charge in [-0.25, -0.2) is 4.98 Å². The summed E-state index contributed by atoms with van der Waals surface area (Å²) in [5, 5.41) is 6.78. The SMILES string of the molecule is Cc1cccc(C(=O)N[C@H]2CC[C@@H](Nc3nc4c(c(N(C)C)n3)CCCC4)CC2)c1. The Bertz CT molecular complexity index is 902. The first-order valence-corrected chi connectivity index (χ1v) is 11.2. The van der Waals surface area contributed by atoms with Gasteiger partial charge in [-0.15, -0.1) is 0 Å². The van der Waals surface area contributed by atoms with Crippen LogP contribution in [0.3, 0.4) is 0 Å². The molecule has 160 valence electrons. The molecule has 30 heavy (non-hydrogen) atoms. The van der Waals surface area contributed by atoms with Crippen molar-refractivity contribution in [3.8, 4) is 0 Å². The first-order chi connectivity index (χ1) is 14.5. The number of nitrogens with one attached hydrogen (secondary N) is 2. The first-order valence-electron chi connectivity index (χ1n) is 11.2. The van der Waals surface area contributed by atoms with Gasteiger partial charge in [0.05, 0.1) is 5.69 Å². The number of carbonyl (C=O) groups is 1. The van der Waals surface area contributed by atoms with Crippen LogP contribution in [-0.4, -0.2) is 42.1 Å². The predicted molar refractivity (Wildman–Crippen MR) is 121 cm³/mol. The number of anilines is 2. The molecule has 0 radical (unpaired) electrons. The quantitative estimate of drug-likeness (QED) is 0.787. The smallest absolute Gasteiger partial charge is 0.251 e. The van der Waals surface area contributed by atoms with Crippen molar-refractivity contribution in [1.29, 1.82) is 0 Å². The molecular formula is C24H33N5O. The van der Waals surface area contributed by atoms with E-state index in [4.69, 9.17) is 9.97 Å². The highest BCUT2D eigenvalue weighted by molar-refractivity contribution is 5.94. The van der Waals surface area contributed by atoms with Crippen LogP contribution in [0.1, 0.15) is 65.7 Å². The molecule has 4 rings (SSSR count). The van der Waals surface area contributed by atoms with Gasteiger partial charge < -0.3 is 15.5 Å². The zero-order valence-corrected chi connectivity index (χ0v) is 18.4. The molecule has 1 fully saturated rings. The number of aromatic nitrogens is 2. The monoisotopic (exact) mass is 407 g/mol. The molecule has 2 aliphatic carbocycles. The standard InChI is InChI=1S/C24H33N5O/c1-16-7-6-8-17(15-16)23(30)25-18-11-13-19(14-12-18)26-24-27-21-10-5-4-9-20(21)22(28-24)29(2)3/h6-8,15,18-19H,4-5,9-14H2,1-3H3,(H,25,30)(H,26,27,28)/t18-,19+. The fourth-order valence-corrected chi connectivity index (χ4v) is 4.63. The lowest BCUT2D eigenvalue weighted by Crippen LogP contribution is -2.40. The fourth-order valence-electron chi connectivity index (χ4n) is 4.63. The number of fused-ring (bicyclic) bond motifs is 1. The van der Waals surface area contributed by atoms with Gasteiger partial charge in [-0.2, -0.15) is 4.98 Å². The summed E-state index contributed by atoms with van der Waals surface area (Å²) >= 11 is 0. The zero-order chi connectivity index (χ0) is 21.1. The Morgan fingerprint density at radius 2 is 1.77 bits per heavy atom. The number of amides is 1. The number of rotatable bonds is 5. The van der Waals surface area contributed by atoms with Crippen molar-refractivity contribution in [2.75, 3.05) is 24.3 Å². The molecule has 6 nitrogen and oxygen atoms in total. The maximum absolute atomic E-state index is 12.5. The Hall–Kier alpha value is -2.63. The van der Waals surface area contributed by atoms with E-state index in [0.717, 1.165) is 61.4 Å². The molecule has 0 unspecified atom stereocenters. The molecule has 0 aliphatic heterocycles. The van der Waals surface area contributed by atoms with Crippen LogP contribution < -0.4 is 15.5 Å². The normalized spacial score (nSPS) is 20.9. The highest BCUT2D eigenvalue weighted by Crippen LogP contribution is 2.29. The lowest BCUT2D eigenvalue weighted by atomic mass is 9.91. The van der Waals surface area contributed by atoms with Crippen LogP contribution in [0.15, 0.2) is 24.3 Å². The van der Waals surface area contributed by atoms with Crippen LogP contribution in [-0.2, 0) is 12.8 Å². The Labute approximate surface area is 179 Å². The number of benzene rings is 1. The molecule has 1 saturated carbocycles. The maximum atomic E-state index is 12.5. The van der Waals surface area contributed by atoms with Gasteiger partial charge in [-0.05, 0) is 70.4 Å². The van der Waals surface area contributed by atoms with Crippen LogP contribution in [0, 0.1) is 6.92 Å². The minimum absolute atomic E-state index is 0.0313. The molecular weight excluding hydrogens is 374 g/mol. The summed E-state index contributed by atoms with van der Waals surface area (Å²) in [5.41, 5.74) is 4.38. The van der Waals surface area contributed by atoms with E-state index in [1.807, 2.05) is 31.2 Å². The minimum atomic E-state index is 0.0313. The minimum Gasteiger partial charge on any atom is -0.362 e. The van der Waals surface area contributed by atoms with Crippen LogP contribution in [0.25, 0.3) is 0 Å². The second-order valence-corrected chi connectivity index (χ2v) is 8.93. The van der Waals surface area contributed by atoms with E-state index in [2.05, 4.69) is 29.6 Å². The number of nitrogens with zero attached hydrogens (tertiary/aromatic N) is 3. The molecule has 1 aromatic heterocycles. The highest BCUT2D eigenvalue weighted by atomic mass is 16.1. The van der Waals surface area contributed by atoms with Crippen molar-refractivity contribution in [2.24, 2.45) is 0 Å². The van der Waals surface area contributed by atoms with Crippen molar-refractivity contribution in [2.45, 2.75) is 70.4 Å². The molecule has 2 aliphatic rings. The van der Waals surface area contributed by atoms with Gasteiger partial charge in [-0.3, -0.25) is 4.79 Å². The summed E-state index contributed by atoms with van der Waals surface area (Å²) in [6.45, 7) is 2.01. The molecule has 6 heteroatoms. The largest absolute Gasteiger partial charge is 0.362 e. The van der Waals surface area contributed by atoms with Gasteiger partial charge in [-0.1, -0.05) is 17.7 Å². The second kappa shape index (κ2) is 9.02. The van der Waals surface area contributed by atoms with Crippen LogP contribution in [0.5, 0.6) is 0 Å². The summed E-state index contributed by atoms with van der Waals surface area (Å²) in [5.74, 6) is 1.84. The Kier molecular flexibility index (Phi) is 6.21. The summed E-state index contributed by atoms with van der Waals surface area (Å²) in [6.07, 6.45) is 8.53. The summed E-state index contributed by atoms with van der Waals surface area (Å²) in [7, 11) is 4.12. The molecule has 0 atom stereocenters. The lowest BCUT2D eigenvalue weighted by Gasteiger charge is -2.30. The first kappa shape index (κ1) is 20.6. The van der Waals surface area contributed by atoms with Crippen molar-refractivity contribution < 1.29 is 4.79 Å². The van der Waals surface area contributed by atoms with Gasteiger partial charge in [0, 0.05) is 37.3 Å². The van der Waals surface area contributed by atoms with E-state index >= 15 is 0 Å². The van der Waals surface area contributed by atoms with Crippen LogP contribution >= 0.6 is 0 Å². The summed E-state index contributed by atoms with van der Waals surface area (Å²) in [4.78, 5) is 24.3. The Morgan fingerprint density at radius 1 is 1.03 bits per heavy atom. The summed E-state index contributed by atoms with van der Waals surface area (Å²) in [6, 6.07) is 8.36. The van der Waals surface area contributed by atoms with E-state index in [9.17, 15) is 4.79 Å². The molecule has 1 aromatic carbocycles. The molecule has 1 amide bonds. The van der Waals surface area contributed by atoms with Crippen LogP contribution in [0.4, 0.5) is 11.8 Å². The number of aryl methyl sites for hydroxylation is 2. The lowest BCUT2D eigenvalue weighted by molar-refractivity contribution is 0.0926. The summed E-state index contributed by atoms with van der Waals surface area (Å²) < 4.78 is 0. The van der Waals surface area contributed by atoms with Crippen molar-refractivity contribution in [1.82, 2.24) is 15.3 Å². The number of hydrogen-bond donors (Lipinski definition) is 2. The fraction of sp³-hybridized carbons (Fsp3) is 0.542. The topological polar surface area (TPSA) is 70.2 Å². The van der Waals surface area contributed by atoms with Crippen molar-refractivity contribution in [3.05, 3.63) is 46.6 Å². The molecule has 0 bridgehead atoms. The van der Waals surface area contributed by atoms with Gasteiger partial charge in [0.2, 0.25) is 5.95 Å². The zero-order valence-electron chi connectivity index (χ0n) is 18.4. The molecule has 0 spiro atoms. The van der Waals surface area contributed by atoms with E-state index in [-0.39, 0.29) is 11.9 Å². The molecule has 2 aromatic rings. The highest BCUT2D eigenvalue weighted by Gasteiger charge is 2.25. The number of carbonyl (C=O) groups excluding carboxylic acids is 1. The molecule has 0 saturated heterocycles. The van der Waals surface area contributed by atoms with E-state index < -0.39 is 0 Å². The van der Waals surface area contributed by atoms with Gasteiger partial charge >= 0.3 is 0 Å². The van der Waals surface area contributed by atoms with E-state index in [1.54, 1.807) is 0 Å². The molecule has 1 heterocycles. The maximum Gasteiger partial charge on any atom is 0.251 e. The van der Waals surface area contributed by atoms with Gasteiger partial charge in [0.1, 0.15) is 5.82 Å². The number of hydrogen-bond acceptors (Lipinski definition) is 5. The molecule has 2 N–H and O–H groups in total. The van der Waals surface area contributed by atoms with Crippen molar-refractivity contribution in [3.63, 3.8) is 0 Å². The van der Waals surface area contributed by atoms with Crippen molar-refractivity contribution >= 4 is 17.7 Å². The predicted octanol–water partition coefficient (Wildman–Crippen LogP) is 3.88. The van der Waals surface area contributed by atoms with Gasteiger partial charge in [0.25, 0.3) is 5.91 Å². The van der Waals surface area contributed by atoms with Gasteiger partial charge in [0.15, 0.2) is 0 Å². The van der Waals surface area contributed by atoms with E-state index in [0.29, 0.717) is 6.04 Å². The third-order valence-corrected chi connectivity index (χ3v) is 6.26. The third kappa shape index (κ3) is 4.74. The van der Waals surface area contributed by atoms with Crippen LogP contribution in [0.2, 0.25) is 0 Å². The van der Waals surface area contributed by atoms with E-state index in [1.165, 1.54) is 24.1 Å². The average Bonchev–Trinajstić information content (AvgIpc) is 2.74. The average molecular weight is 408 g/mol. The Morgan fingerprint density at radius 3 is 2.50 bits per heavy atom. The third-order valence-electron chi connectivity index (χ3n) is 6.26. The second-order valence-electron chi connectivity index (χ2n) is 8.93. The Balaban J connectivity index is 1.35.